The molecule has 0 aromatic heterocycles. The van der Waals surface area contributed by atoms with Gasteiger partial charge in [0.25, 0.3) is 0 Å². The molecule has 6 heteroatoms. The van der Waals surface area contributed by atoms with Gasteiger partial charge in [0.05, 0.1) is 10.7 Å². The summed E-state index contributed by atoms with van der Waals surface area (Å²) in [6, 6.07) is 6.35. The topological polar surface area (TPSA) is 87.2 Å². The van der Waals surface area contributed by atoms with Crippen LogP contribution in [-0.4, -0.2) is 31.6 Å². The van der Waals surface area contributed by atoms with Crippen molar-refractivity contribution in [1.29, 1.82) is 5.41 Å². The van der Waals surface area contributed by atoms with E-state index in [1.54, 1.807) is 31.2 Å². The molecule has 100 valence electrons. The Labute approximate surface area is 108 Å². The molecule has 5 nitrogen and oxygen atoms in total. The molecule has 3 N–H and O–H groups in total. The monoisotopic (exact) mass is 269 g/mol. The Bertz CT molecular complexity index is 523. The lowest BCUT2D eigenvalue weighted by molar-refractivity contribution is 0.396. The van der Waals surface area contributed by atoms with Crippen molar-refractivity contribution in [3.05, 3.63) is 29.8 Å². The molecule has 0 aliphatic carbocycles. The van der Waals surface area contributed by atoms with Gasteiger partial charge in [-0.25, -0.2) is 8.42 Å². The Morgan fingerprint density at radius 2 is 1.89 bits per heavy atom. The smallest absolute Gasteiger partial charge is 0.243 e. The van der Waals surface area contributed by atoms with E-state index in [1.165, 1.54) is 11.4 Å². The lowest BCUT2D eigenvalue weighted by atomic mass is 10.2. The van der Waals surface area contributed by atoms with Gasteiger partial charge in [-0.3, -0.25) is 5.41 Å². The molecule has 1 unspecified atom stereocenters. The second-order valence-corrected chi connectivity index (χ2v) is 6.41. The van der Waals surface area contributed by atoms with Crippen molar-refractivity contribution >= 4 is 15.9 Å². The standard InChI is InChI=1S/C12H19N3O2S/c1-9-4-6-11(7-5-9)18(16,17)15(3)10(2)8-12(13)14/h4-7,10H,8H2,1-3H3,(H3,13,14). The first kappa shape index (κ1) is 14.7. The molecule has 0 saturated carbocycles. The number of nitrogens with two attached hydrogens (primary N) is 1. The third kappa shape index (κ3) is 3.30. The summed E-state index contributed by atoms with van der Waals surface area (Å²) >= 11 is 0. The van der Waals surface area contributed by atoms with Crippen LogP contribution < -0.4 is 5.73 Å². The molecule has 1 aromatic rings. The third-order valence-corrected chi connectivity index (χ3v) is 4.82. The minimum Gasteiger partial charge on any atom is -0.388 e. The third-order valence-electron chi connectivity index (χ3n) is 2.83. The fraction of sp³-hybridized carbons (Fsp3) is 0.417. The van der Waals surface area contributed by atoms with Crippen molar-refractivity contribution in [2.24, 2.45) is 5.73 Å². The first-order valence-electron chi connectivity index (χ1n) is 5.62. The molecule has 0 radical (unpaired) electrons. The van der Waals surface area contributed by atoms with Gasteiger partial charge in [-0.1, -0.05) is 17.7 Å². The van der Waals surface area contributed by atoms with Crippen molar-refractivity contribution in [3.63, 3.8) is 0 Å². The summed E-state index contributed by atoms with van der Waals surface area (Å²) in [6.07, 6.45) is 0.224. The van der Waals surface area contributed by atoms with Crippen LogP contribution in [0.2, 0.25) is 0 Å². The van der Waals surface area contributed by atoms with E-state index in [0.717, 1.165) is 5.56 Å². The van der Waals surface area contributed by atoms with Crippen LogP contribution in [0.4, 0.5) is 0 Å². The van der Waals surface area contributed by atoms with Crippen molar-refractivity contribution in [1.82, 2.24) is 4.31 Å². The van der Waals surface area contributed by atoms with Crippen LogP contribution >= 0.6 is 0 Å². The van der Waals surface area contributed by atoms with E-state index in [0.29, 0.717) is 0 Å². The highest BCUT2D eigenvalue weighted by Gasteiger charge is 2.25. The molecule has 1 atom stereocenters. The minimum atomic E-state index is -3.52. The second-order valence-electron chi connectivity index (χ2n) is 4.41. The Hall–Kier alpha value is -1.40. The summed E-state index contributed by atoms with van der Waals surface area (Å²) < 4.78 is 25.8. The van der Waals surface area contributed by atoms with Gasteiger partial charge in [-0.05, 0) is 26.0 Å². The number of nitrogens with zero attached hydrogens (tertiary/aromatic N) is 1. The molecule has 18 heavy (non-hydrogen) atoms. The van der Waals surface area contributed by atoms with Crippen LogP contribution in [0.3, 0.4) is 0 Å². The number of sulfonamides is 1. The van der Waals surface area contributed by atoms with Gasteiger partial charge in [-0.15, -0.1) is 0 Å². The zero-order valence-electron chi connectivity index (χ0n) is 10.8. The van der Waals surface area contributed by atoms with Gasteiger partial charge in [0.2, 0.25) is 10.0 Å². The summed E-state index contributed by atoms with van der Waals surface area (Å²) in [7, 11) is -2.02. The highest BCUT2D eigenvalue weighted by atomic mass is 32.2. The number of nitrogens with one attached hydrogen (secondary N) is 1. The van der Waals surface area contributed by atoms with Crippen LogP contribution in [-0.2, 0) is 10.0 Å². The van der Waals surface area contributed by atoms with Crippen molar-refractivity contribution in [2.75, 3.05) is 7.05 Å². The van der Waals surface area contributed by atoms with E-state index in [1.807, 2.05) is 6.92 Å². The molecule has 1 aromatic carbocycles. The molecule has 0 fully saturated rings. The number of benzene rings is 1. The van der Waals surface area contributed by atoms with Crippen LogP contribution in [0.25, 0.3) is 0 Å². The predicted octanol–water partition coefficient (Wildman–Crippen LogP) is 1.33. The van der Waals surface area contributed by atoms with Gasteiger partial charge < -0.3 is 5.73 Å². The van der Waals surface area contributed by atoms with Crippen LogP contribution in [0.15, 0.2) is 29.2 Å². The van der Waals surface area contributed by atoms with E-state index in [2.05, 4.69) is 0 Å². The molecular formula is C12H19N3O2S. The molecule has 0 aliphatic heterocycles. The molecule has 0 saturated heterocycles. The number of rotatable bonds is 5. The fourth-order valence-corrected chi connectivity index (χ4v) is 2.92. The van der Waals surface area contributed by atoms with Crippen LogP contribution in [0, 0.1) is 12.3 Å². The van der Waals surface area contributed by atoms with Gasteiger partial charge in [-0.2, -0.15) is 4.31 Å². The quantitative estimate of drug-likeness (QED) is 0.624. The summed E-state index contributed by atoms with van der Waals surface area (Å²) in [4.78, 5) is 0.256. The lowest BCUT2D eigenvalue weighted by Crippen LogP contribution is -2.37. The first-order chi connectivity index (χ1) is 8.25. The maximum Gasteiger partial charge on any atom is 0.243 e. The average Bonchev–Trinajstić information content (AvgIpc) is 2.27. The Kier molecular flexibility index (Phi) is 4.48. The van der Waals surface area contributed by atoms with Gasteiger partial charge >= 0.3 is 0 Å². The van der Waals surface area contributed by atoms with E-state index >= 15 is 0 Å². The average molecular weight is 269 g/mol. The largest absolute Gasteiger partial charge is 0.388 e. The van der Waals surface area contributed by atoms with Gasteiger partial charge in [0.1, 0.15) is 0 Å². The number of aryl methyl sites for hydroxylation is 1. The summed E-state index contributed by atoms with van der Waals surface area (Å²) in [5, 5.41) is 7.21. The molecule has 0 aliphatic rings. The summed E-state index contributed by atoms with van der Waals surface area (Å²) in [5.74, 6) is -0.0199. The highest BCUT2D eigenvalue weighted by Crippen LogP contribution is 2.18. The van der Waals surface area contributed by atoms with Crippen molar-refractivity contribution in [3.8, 4) is 0 Å². The van der Waals surface area contributed by atoms with Crippen LogP contribution in [0.5, 0.6) is 0 Å². The first-order valence-corrected chi connectivity index (χ1v) is 7.06. The van der Waals surface area contributed by atoms with E-state index in [9.17, 15) is 8.42 Å². The summed E-state index contributed by atoms with van der Waals surface area (Å²) in [6.45, 7) is 3.63. The number of hydrogen-bond donors (Lipinski definition) is 2. The molecule has 0 heterocycles. The predicted molar refractivity (Wildman–Crippen MR) is 72.1 cm³/mol. The molecule has 1 rings (SSSR count). The maximum absolute atomic E-state index is 12.3. The maximum atomic E-state index is 12.3. The molecular weight excluding hydrogens is 250 g/mol. The Balaban J connectivity index is 2.99. The minimum absolute atomic E-state index is 0.0199. The highest BCUT2D eigenvalue weighted by molar-refractivity contribution is 7.89. The zero-order chi connectivity index (χ0) is 13.9. The van der Waals surface area contributed by atoms with Gasteiger partial charge in [0, 0.05) is 19.5 Å². The number of amidine groups is 1. The zero-order valence-corrected chi connectivity index (χ0v) is 11.7. The summed E-state index contributed by atoms with van der Waals surface area (Å²) in [5.41, 5.74) is 6.30. The van der Waals surface area contributed by atoms with E-state index < -0.39 is 10.0 Å². The Morgan fingerprint density at radius 1 is 1.39 bits per heavy atom. The van der Waals surface area contributed by atoms with E-state index in [4.69, 9.17) is 11.1 Å². The second kappa shape index (κ2) is 5.49. The molecule has 0 bridgehead atoms. The lowest BCUT2D eigenvalue weighted by Gasteiger charge is -2.23. The Morgan fingerprint density at radius 3 is 2.33 bits per heavy atom. The number of hydrogen-bond acceptors (Lipinski definition) is 3. The van der Waals surface area contributed by atoms with Crippen molar-refractivity contribution < 1.29 is 8.42 Å². The van der Waals surface area contributed by atoms with Gasteiger partial charge in [0.15, 0.2) is 0 Å². The SMILES string of the molecule is Cc1ccc(S(=O)(=O)N(C)C(C)CC(=N)N)cc1. The van der Waals surface area contributed by atoms with Crippen LogP contribution in [0.1, 0.15) is 18.9 Å². The molecule has 0 spiro atoms. The molecule has 0 amide bonds. The normalized spacial score (nSPS) is 13.6. The van der Waals surface area contributed by atoms with E-state index in [-0.39, 0.29) is 23.2 Å². The van der Waals surface area contributed by atoms with Crippen molar-refractivity contribution in [2.45, 2.75) is 31.2 Å². The fourth-order valence-electron chi connectivity index (χ4n) is 1.56.